The van der Waals surface area contributed by atoms with Crippen LogP contribution in [0.2, 0.25) is 0 Å². The third-order valence-corrected chi connectivity index (χ3v) is 5.58. The number of benzene rings is 2. The molecule has 0 radical (unpaired) electrons. The lowest BCUT2D eigenvalue weighted by atomic mass is 10.1. The Labute approximate surface area is 151 Å². The number of sulfonamides is 1. The third-order valence-electron chi connectivity index (χ3n) is 4.20. The van der Waals surface area contributed by atoms with E-state index in [-0.39, 0.29) is 22.1 Å². The number of nitrogens with zero attached hydrogens (tertiary/aromatic N) is 1. The molecular formula is C18H19FN2O4S. The Balaban J connectivity index is 1.92. The SMILES string of the molecule is COc1ccc(S(=O)(=O)Nc2ccc(F)cc2)cc1C(=O)N1CCCC1. The van der Waals surface area contributed by atoms with Crippen LogP contribution in [0, 0.1) is 5.82 Å². The number of rotatable bonds is 5. The molecule has 0 aliphatic carbocycles. The van der Waals surface area contributed by atoms with Crippen molar-refractivity contribution in [2.75, 3.05) is 24.9 Å². The Hall–Kier alpha value is -2.61. The van der Waals surface area contributed by atoms with Gasteiger partial charge in [0.05, 0.1) is 17.6 Å². The van der Waals surface area contributed by atoms with Crippen LogP contribution in [0.1, 0.15) is 23.2 Å². The fraction of sp³-hybridized carbons (Fsp3) is 0.278. The predicted molar refractivity (Wildman–Crippen MR) is 95.3 cm³/mol. The first-order valence-corrected chi connectivity index (χ1v) is 9.65. The first-order chi connectivity index (χ1) is 12.4. The molecular weight excluding hydrogens is 359 g/mol. The molecule has 2 aromatic rings. The van der Waals surface area contributed by atoms with Crippen molar-refractivity contribution in [3.63, 3.8) is 0 Å². The fourth-order valence-corrected chi connectivity index (χ4v) is 3.93. The number of hydrogen-bond acceptors (Lipinski definition) is 4. The molecule has 1 heterocycles. The maximum absolute atomic E-state index is 13.0. The van der Waals surface area contributed by atoms with Crippen LogP contribution in [0.25, 0.3) is 0 Å². The summed E-state index contributed by atoms with van der Waals surface area (Å²) in [4.78, 5) is 14.3. The van der Waals surface area contributed by atoms with Gasteiger partial charge in [0.1, 0.15) is 11.6 Å². The van der Waals surface area contributed by atoms with Crippen molar-refractivity contribution < 1.29 is 22.3 Å². The zero-order chi connectivity index (χ0) is 18.7. The molecule has 2 aromatic carbocycles. The second kappa shape index (κ2) is 7.33. The summed E-state index contributed by atoms with van der Waals surface area (Å²) in [6.45, 7) is 1.29. The smallest absolute Gasteiger partial charge is 0.261 e. The summed E-state index contributed by atoms with van der Waals surface area (Å²) < 4.78 is 45.8. The lowest BCUT2D eigenvalue weighted by Gasteiger charge is -2.18. The molecule has 1 aliphatic heterocycles. The molecule has 1 amide bonds. The molecule has 1 aliphatic rings. The molecule has 3 rings (SSSR count). The van der Waals surface area contributed by atoms with Crippen molar-refractivity contribution in [1.29, 1.82) is 0 Å². The lowest BCUT2D eigenvalue weighted by molar-refractivity contribution is 0.0789. The van der Waals surface area contributed by atoms with Gasteiger partial charge < -0.3 is 9.64 Å². The van der Waals surface area contributed by atoms with E-state index in [1.807, 2.05) is 0 Å². The van der Waals surface area contributed by atoms with Crippen molar-refractivity contribution in [1.82, 2.24) is 4.90 Å². The van der Waals surface area contributed by atoms with E-state index in [9.17, 15) is 17.6 Å². The van der Waals surface area contributed by atoms with Crippen molar-refractivity contribution in [3.05, 3.63) is 53.8 Å². The highest BCUT2D eigenvalue weighted by Gasteiger charge is 2.25. The summed E-state index contributed by atoms with van der Waals surface area (Å²) in [5.41, 5.74) is 0.436. The molecule has 138 valence electrons. The van der Waals surface area contributed by atoms with E-state index in [1.54, 1.807) is 4.90 Å². The molecule has 0 unspecified atom stereocenters. The number of carbonyl (C=O) groups excluding carboxylic acids is 1. The van der Waals surface area contributed by atoms with Gasteiger partial charge in [0.15, 0.2) is 0 Å². The van der Waals surface area contributed by atoms with E-state index >= 15 is 0 Å². The van der Waals surface area contributed by atoms with Gasteiger partial charge >= 0.3 is 0 Å². The number of hydrogen-bond donors (Lipinski definition) is 1. The van der Waals surface area contributed by atoms with Gasteiger partial charge in [0.25, 0.3) is 15.9 Å². The molecule has 0 saturated carbocycles. The third kappa shape index (κ3) is 3.80. The van der Waals surface area contributed by atoms with Crippen molar-refractivity contribution in [2.24, 2.45) is 0 Å². The number of methoxy groups -OCH3 is 1. The first kappa shape index (κ1) is 18.2. The minimum absolute atomic E-state index is 0.0647. The van der Waals surface area contributed by atoms with E-state index in [0.717, 1.165) is 25.0 Å². The number of ether oxygens (including phenoxy) is 1. The minimum atomic E-state index is -3.93. The van der Waals surface area contributed by atoms with Crippen LogP contribution < -0.4 is 9.46 Å². The topological polar surface area (TPSA) is 75.7 Å². The fourth-order valence-electron chi connectivity index (χ4n) is 2.84. The van der Waals surface area contributed by atoms with Crippen LogP contribution in [0.4, 0.5) is 10.1 Å². The zero-order valence-electron chi connectivity index (χ0n) is 14.2. The van der Waals surface area contributed by atoms with Crippen LogP contribution in [-0.2, 0) is 10.0 Å². The molecule has 1 N–H and O–H groups in total. The van der Waals surface area contributed by atoms with Crippen LogP contribution in [0.5, 0.6) is 5.75 Å². The monoisotopic (exact) mass is 378 g/mol. The van der Waals surface area contributed by atoms with Crippen LogP contribution in [0.3, 0.4) is 0 Å². The standard InChI is InChI=1S/C18H19FN2O4S/c1-25-17-9-8-15(12-16(17)18(22)21-10-2-3-11-21)26(23,24)20-14-6-4-13(19)5-7-14/h4-9,12,20H,2-3,10-11H2,1H3. The van der Waals surface area contributed by atoms with E-state index in [0.29, 0.717) is 18.8 Å². The lowest BCUT2D eigenvalue weighted by Crippen LogP contribution is -2.28. The Bertz CT molecular complexity index is 907. The van der Waals surface area contributed by atoms with Gasteiger partial charge in [-0.2, -0.15) is 0 Å². The van der Waals surface area contributed by atoms with Gasteiger partial charge in [-0.25, -0.2) is 12.8 Å². The van der Waals surface area contributed by atoms with Gasteiger partial charge in [0.2, 0.25) is 0 Å². The zero-order valence-corrected chi connectivity index (χ0v) is 15.1. The predicted octanol–water partition coefficient (Wildman–Crippen LogP) is 2.87. The second-order valence-corrected chi connectivity index (χ2v) is 7.66. The molecule has 0 bridgehead atoms. The summed E-state index contributed by atoms with van der Waals surface area (Å²) in [7, 11) is -2.50. The van der Waals surface area contributed by atoms with Crippen molar-refractivity contribution in [3.8, 4) is 5.75 Å². The largest absolute Gasteiger partial charge is 0.496 e. The van der Waals surface area contributed by atoms with Gasteiger partial charge in [-0.05, 0) is 55.3 Å². The maximum Gasteiger partial charge on any atom is 0.261 e. The van der Waals surface area contributed by atoms with E-state index in [2.05, 4.69) is 4.72 Å². The van der Waals surface area contributed by atoms with E-state index in [4.69, 9.17) is 4.74 Å². The molecule has 0 aromatic heterocycles. The molecule has 0 atom stereocenters. The average Bonchev–Trinajstić information content (AvgIpc) is 3.17. The number of nitrogens with one attached hydrogen (secondary N) is 1. The summed E-state index contributed by atoms with van der Waals surface area (Å²) in [6, 6.07) is 9.11. The summed E-state index contributed by atoms with van der Waals surface area (Å²) in [5, 5.41) is 0. The highest BCUT2D eigenvalue weighted by molar-refractivity contribution is 7.92. The normalized spacial score (nSPS) is 14.3. The van der Waals surface area contributed by atoms with Crippen molar-refractivity contribution >= 4 is 21.6 Å². The van der Waals surface area contributed by atoms with Crippen LogP contribution in [0.15, 0.2) is 47.4 Å². The van der Waals surface area contributed by atoms with Crippen LogP contribution >= 0.6 is 0 Å². The highest BCUT2D eigenvalue weighted by atomic mass is 32.2. The van der Waals surface area contributed by atoms with E-state index < -0.39 is 15.8 Å². The van der Waals surface area contributed by atoms with E-state index in [1.165, 1.54) is 37.4 Å². The van der Waals surface area contributed by atoms with Crippen molar-refractivity contribution in [2.45, 2.75) is 17.7 Å². The number of amides is 1. The number of carbonyl (C=O) groups is 1. The van der Waals surface area contributed by atoms with Gasteiger partial charge in [-0.3, -0.25) is 9.52 Å². The minimum Gasteiger partial charge on any atom is -0.496 e. The number of likely N-dealkylation sites (tertiary alicyclic amines) is 1. The molecule has 0 spiro atoms. The molecule has 26 heavy (non-hydrogen) atoms. The maximum atomic E-state index is 13.0. The number of anilines is 1. The number of halogens is 1. The highest BCUT2D eigenvalue weighted by Crippen LogP contribution is 2.26. The molecule has 1 saturated heterocycles. The molecule has 6 nitrogen and oxygen atoms in total. The Morgan fingerprint density at radius 2 is 1.77 bits per heavy atom. The van der Waals surface area contributed by atoms with Crippen LogP contribution in [-0.4, -0.2) is 39.4 Å². The summed E-state index contributed by atoms with van der Waals surface area (Å²) >= 11 is 0. The first-order valence-electron chi connectivity index (χ1n) is 8.16. The quantitative estimate of drug-likeness (QED) is 0.868. The second-order valence-electron chi connectivity index (χ2n) is 5.97. The molecule has 8 heteroatoms. The Morgan fingerprint density at radius 1 is 1.12 bits per heavy atom. The van der Waals surface area contributed by atoms with Gasteiger partial charge in [-0.1, -0.05) is 0 Å². The summed E-state index contributed by atoms with van der Waals surface area (Å²) in [5.74, 6) is -0.392. The van der Waals surface area contributed by atoms with Gasteiger partial charge in [0, 0.05) is 18.8 Å². The van der Waals surface area contributed by atoms with Gasteiger partial charge in [-0.15, -0.1) is 0 Å². The average molecular weight is 378 g/mol. The molecule has 1 fully saturated rings. The Kier molecular flexibility index (Phi) is 5.13. The summed E-state index contributed by atoms with van der Waals surface area (Å²) in [6.07, 6.45) is 1.86. The Morgan fingerprint density at radius 3 is 2.38 bits per heavy atom.